The minimum absolute atomic E-state index is 0.427. The summed E-state index contributed by atoms with van der Waals surface area (Å²) < 4.78 is 6.09. The average Bonchev–Trinajstić information content (AvgIpc) is 2.71. The largest absolute Gasteiger partial charge is 0.372 e. The van der Waals surface area contributed by atoms with Crippen LogP contribution in [0, 0.1) is 5.92 Å². The van der Waals surface area contributed by atoms with Gasteiger partial charge in [0.15, 0.2) is 0 Å². The Balaban J connectivity index is 2.13. The highest BCUT2D eigenvalue weighted by molar-refractivity contribution is 4.77. The van der Waals surface area contributed by atoms with Gasteiger partial charge in [0.1, 0.15) is 0 Å². The van der Waals surface area contributed by atoms with Crippen molar-refractivity contribution in [2.24, 2.45) is 5.92 Å². The smallest absolute Gasteiger partial charge is 0.0707 e. The Morgan fingerprint density at radius 1 is 1.17 bits per heavy atom. The third-order valence-corrected chi connectivity index (χ3v) is 3.55. The van der Waals surface area contributed by atoms with Gasteiger partial charge in [-0.05, 0) is 38.8 Å². The van der Waals surface area contributed by atoms with Crippen LogP contribution >= 0.6 is 0 Å². The Hall–Kier alpha value is -0.120. The van der Waals surface area contributed by atoms with Crippen LogP contribution in [0.2, 0.25) is 0 Å². The first-order chi connectivity index (χ1) is 8.47. The van der Waals surface area contributed by atoms with E-state index in [1.807, 2.05) is 0 Å². The molecule has 1 heterocycles. The molecule has 2 atom stereocenters. The molecule has 0 aliphatic carbocycles. The summed E-state index contributed by atoms with van der Waals surface area (Å²) in [7, 11) is 2.21. The molecule has 0 spiro atoms. The summed E-state index contributed by atoms with van der Waals surface area (Å²) in [5, 5.41) is 3.46. The van der Waals surface area contributed by atoms with Crippen LogP contribution in [0.5, 0.6) is 0 Å². The predicted molar refractivity (Wildman–Crippen MR) is 78.0 cm³/mol. The Bertz CT molecular complexity index is 219. The van der Waals surface area contributed by atoms with Crippen molar-refractivity contribution in [1.29, 1.82) is 0 Å². The van der Waals surface area contributed by atoms with Crippen molar-refractivity contribution < 1.29 is 4.74 Å². The van der Waals surface area contributed by atoms with Crippen LogP contribution in [-0.2, 0) is 4.74 Å². The molecule has 2 unspecified atom stereocenters. The van der Waals surface area contributed by atoms with Gasteiger partial charge in [-0.25, -0.2) is 0 Å². The molecule has 0 aromatic rings. The quantitative estimate of drug-likeness (QED) is 0.722. The summed E-state index contributed by atoms with van der Waals surface area (Å²) >= 11 is 0. The molecule has 0 aromatic carbocycles. The minimum Gasteiger partial charge on any atom is -0.372 e. The lowest BCUT2D eigenvalue weighted by Gasteiger charge is -2.22. The highest BCUT2D eigenvalue weighted by Gasteiger charge is 2.25. The third kappa shape index (κ3) is 6.72. The lowest BCUT2D eigenvalue weighted by molar-refractivity contribution is 0.0265. The first-order valence-corrected chi connectivity index (χ1v) is 7.54. The molecule has 18 heavy (non-hydrogen) atoms. The van der Waals surface area contributed by atoms with E-state index < -0.39 is 0 Å². The van der Waals surface area contributed by atoms with Crippen molar-refractivity contribution in [3.05, 3.63) is 0 Å². The van der Waals surface area contributed by atoms with Crippen LogP contribution in [0.15, 0.2) is 0 Å². The maximum Gasteiger partial charge on any atom is 0.0707 e. The summed E-state index contributed by atoms with van der Waals surface area (Å²) in [5.74, 6) is 0.792. The fourth-order valence-corrected chi connectivity index (χ4v) is 2.35. The van der Waals surface area contributed by atoms with E-state index in [0.29, 0.717) is 18.2 Å². The van der Waals surface area contributed by atoms with Crippen molar-refractivity contribution in [2.75, 3.05) is 26.7 Å². The van der Waals surface area contributed by atoms with Crippen molar-refractivity contribution >= 4 is 0 Å². The van der Waals surface area contributed by atoms with E-state index >= 15 is 0 Å². The van der Waals surface area contributed by atoms with E-state index in [-0.39, 0.29) is 0 Å². The molecule has 1 rings (SSSR count). The SMILES string of the molecule is CC(C)CCN(C)CC1CCC(CNC(C)C)O1. The topological polar surface area (TPSA) is 24.5 Å². The van der Waals surface area contributed by atoms with E-state index in [1.165, 1.54) is 25.8 Å². The Labute approximate surface area is 113 Å². The van der Waals surface area contributed by atoms with E-state index in [1.54, 1.807) is 0 Å². The van der Waals surface area contributed by atoms with Gasteiger partial charge in [0.25, 0.3) is 0 Å². The highest BCUT2D eigenvalue weighted by atomic mass is 16.5. The maximum atomic E-state index is 6.09. The fraction of sp³-hybridized carbons (Fsp3) is 1.00. The van der Waals surface area contributed by atoms with Crippen molar-refractivity contribution in [3.8, 4) is 0 Å². The predicted octanol–water partition coefficient (Wildman–Crippen LogP) is 2.51. The molecular weight excluding hydrogens is 224 g/mol. The van der Waals surface area contributed by atoms with Gasteiger partial charge < -0.3 is 15.0 Å². The molecule has 1 aliphatic rings. The second-order valence-electron chi connectivity index (χ2n) is 6.47. The number of rotatable bonds is 8. The molecule has 0 radical (unpaired) electrons. The maximum absolute atomic E-state index is 6.09. The average molecular weight is 256 g/mol. The number of ether oxygens (including phenoxy) is 1. The second kappa shape index (κ2) is 8.13. The zero-order valence-electron chi connectivity index (χ0n) is 12.9. The summed E-state index contributed by atoms with van der Waals surface area (Å²) in [6.45, 7) is 12.2. The monoisotopic (exact) mass is 256 g/mol. The van der Waals surface area contributed by atoms with Gasteiger partial charge in [0, 0.05) is 19.1 Å². The second-order valence-corrected chi connectivity index (χ2v) is 6.47. The van der Waals surface area contributed by atoms with E-state index in [4.69, 9.17) is 4.74 Å². The van der Waals surface area contributed by atoms with Gasteiger partial charge in [0.2, 0.25) is 0 Å². The molecule has 0 bridgehead atoms. The fourth-order valence-electron chi connectivity index (χ4n) is 2.35. The number of hydrogen-bond acceptors (Lipinski definition) is 3. The van der Waals surface area contributed by atoms with Gasteiger partial charge in [-0.2, -0.15) is 0 Å². The van der Waals surface area contributed by atoms with E-state index in [0.717, 1.165) is 19.0 Å². The summed E-state index contributed by atoms with van der Waals surface area (Å²) in [6, 6.07) is 0.557. The molecule has 1 aliphatic heterocycles. The molecule has 0 amide bonds. The summed E-state index contributed by atoms with van der Waals surface area (Å²) in [5.41, 5.74) is 0. The van der Waals surface area contributed by atoms with Crippen LogP contribution < -0.4 is 5.32 Å². The highest BCUT2D eigenvalue weighted by Crippen LogP contribution is 2.20. The van der Waals surface area contributed by atoms with Crippen LogP contribution in [0.4, 0.5) is 0 Å². The van der Waals surface area contributed by atoms with Crippen molar-refractivity contribution in [1.82, 2.24) is 10.2 Å². The number of hydrogen-bond donors (Lipinski definition) is 1. The molecule has 0 aromatic heterocycles. The molecule has 0 saturated carbocycles. The molecule has 1 saturated heterocycles. The van der Waals surface area contributed by atoms with Gasteiger partial charge in [-0.1, -0.05) is 27.7 Å². The van der Waals surface area contributed by atoms with Crippen LogP contribution in [0.1, 0.15) is 47.0 Å². The zero-order valence-corrected chi connectivity index (χ0v) is 12.9. The van der Waals surface area contributed by atoms with Gasteiger partial charge in [-0.3, -0.25) is 0 Å². The van der Waals surface area contributed by atoms with Crippen LogP contribution in [0.25, 0.3) is 0 Å². The lowest BCUT2D eigenvalue weighted by Crippen LogP contribution is -2.34. The van der Waals surface area contributed by atoms with Gasteiger partial charge in [-0.15, -0.1) is 0 Å². The molecule has 108 valence electrons. The normalized spacial score (nSPS) is 24.7. The molecule has 3 nitrogen and oxygen atoms in total. The van der Waals surface area contributed by atoms with Gasteiger partial charge in [0.05, 0.1) is 12.2 Å². The lowest BCUT2D eigenvalue weighted by atomic mass is 10.1. The van der Waals surface area contributed by atoms with Gasteiger partial charge >= 0.3 is 0 Å². The van der Waals surface area contributed by atoms with E-state index in [9.17, 15) is 0 Å². The first-order valence-electron chi connectivity index (χ1n) is 7.54. The number of nitrogens with one attached hydrogen (secondary N) is 1. The third-order valence-electron chi connectivity index (χ3n) is 3.55. The molecule has 1 fully saturated rings. The molecule has 3 heteroatoms. The Morgan fingerprint density at radius 2 is 1.83 bits per heavy atom. The van der Waals surface area contributed by atoms with Crippen molar-refractivity contribution in [2.45, 2.75) is 65.2 Å². The number of likely N-dealkylation sites (N-methyl/N-ethyl adjacent to an activating group) is 1. The van der Waals surface area contributed by atoms with Crippen LogP contribution in [-0.4, -0.2) is 49.8 Å². The Morgan fingerprint density at radius 3 is 2.44 bits per heavy atom. The van der Waals surface area contributed by atoms with E-state index in [2.05, 4.69) is 45.0 Å². The number of nitrogens with zero attached hydrogens (tertiary/aromatic N) is 1. The minimum atomic E-state index is 0.427. The zero-order chi connectivity index (χ0) is 13.5. The summed E-state index contributed by atoms with van der Waals surface area (Å²) in [4.78, 5) is 2.42. The Kier molecular flexibility index (Phi) is 7.20. The van der Waals surface area contributed by atoms with Crippen molar-refractivity contribution in [3.63, 3.8) is 0 Å². The summed E-state index contributed by atoms with van der Waals surface area (Å²) in [6.07, 6.45) is 4.58. The standard InChI is InChI=1S/C15H32N2O/c1-12(2)8-9-17(5)11-15-7-6-14(18-15)10-16-13(3)4/h12-16H,6-11H2,1-5H3. The molecule has 1 N–H and O–H groups in total. The van der Waals surface area contributed by atoms with Crippen LogP contribution in [0.3, 0.4) is 0 Å². The molecular formula is C15H32N2O. The first kappa shape index (κ1) is 15.9.